The van der Waals surface area contributed by atoms with Crippen LogP contribution in [-0.4, -0.2) is 28.7 Å². The Kier molecular flexibility index (Phi) is 11.2. The van der Waals surface area contributed by atoms with E-state index in [-0.39, 0.29) is 12.0 Å². The number of carbonyl (C=O) groups is 2. The number of carboxylic acids is 1. The summed E-state index contributed by atoms with van der Waals surface area (Å²) in [6.45, 7) is 7.36. The number of carbonyl (C=O) groups excluding carboxylic acids is 1. The van der Waals surface area contributed by atoms with Crippen molar-refractivity contribution in [3.8, 4) is 11.1 Å². The van der Waals surface area contributed by atoms with Crippen molar-refractivity contribution in [3.05, 3.63) is 71.3 Å². The summed E-state index contributed by atoms with van der Waals surface area (Å²) in [5.41, 5.74) is 9.77. The molecule has 2 aromatic carbocycles. The lowest BCUT2D eigenvalue weighted by molar-refractivity contribution is -0.155. The van der Waals surface area contributed by atoms with Crippen molar-refractivity contribution in [2.24, 2.45) is 5.73 Å². The Morgan fingerprint density at radius 3 is 2.23 bits per heavy atom. The third-order valence-electron chi connectivity index (χ3n) is 5.88. The van der Waals surface area contributed by atoms with Gasteiger partial charge in [-0.25, -0.2) is 4.79 Å². The van der Waals surface area contributed by atoms with Gasteiger partial charge in [0, 0.05) is 11.6 Å². The van der Waals surface area contributed by atoms with Crippen LogP contribution < -0.4 is 5.73 Å². The summed E-state index contributed by atoms with van der Waals surface area (Å²) >= 11 is 0. The van der Waals surface area contributed by atoms with Crippen molar-refractivity contribution >= 4 is 11.9 Å². The zero-order chi connectivity index (χ0) is 25.8. The first-order valence-corrected chi connectivity index (χ1v) is 12.6. The van der Waals surface area contributed by atoms with Gasteiger partial charge >= 0.3 is 11.9 Å². The second-order valence-corrected chi connectivity index (χ2v) is 10.2. The Morgan fingerprint density at radius 2 is 1.71 bits per heavy atom. The van der Waals surface area contributed by atoms with Gasteiger partial charge in [-0.15, -0.1) is 0 Å². The summed E-state index contributed by atoms with van der Waals surface area (Å²) in [7, 11) is 0. The number of benzene rings is 2. The molecule has 5 heteroatoms. The summed E-state index contributed by atoms with van der Waals surface area (Å²) < 4.78 is 5.21. The first-order valence-electron chi connectivity index (χ1n) is 12.6. The Labute approximate surface area is 210 Å². The fraction of sp³-hybridized carbons (Fsp3) is 0.467. The lowest BCUT2D eigenvalue weighted by Crippen LogP contribution is -2.24. The number of hydrogen-bond acceptors (Lipinski definition) is 4. The molecule has 5 nitrogen and oxygen atoms in total. The van der Waals surface area contributed by atoms with Crippen molar-refractivity contribution in [1.29, 1.82) is 0 Å². The van der Waals surface area contributed by atoms with Crippen LogP contribution in [0, 0.1) is 6.92 Å². The van der Waals surface area contributed by atoms with E-state index < -0.39 is 17.5 Å². The van der Waals surface area contributed by atoms with E-state index >= 15 is 0 Å². The largest absolute Gasteiger partial charge is 0.478 e. The van der Waals surface area contributed by atoms with Gasteiger partial charge < -0.3 is 15.6 Å². The molecule has 0 radical (unpaired) electrons. The second kappa shape index (κ2) is 13.8. The molecule has 0 bridgehead atoms. The molecule has 0 heterocycles. The predicted octanol–water partition coefficient (Wildman–Crippen LogP) is 6.62. The molecular formula is C30H41NO4. The molecule has 2 aromatic rings. The van der Waals surface area contributed by atoms with Crippen LogP contribution in [0.5, 0.6) is 0 Å². The highest BCUT2D eigenvalue weighted by Gasteiger charge is 2.19. The molecule has 0 amide bonds. The standard InChI is InChI=1S/C24H28O4.C6H13N/c1-17-15-18(13-14-21(17)19-10-6-5-7-11-19)9-8-12-20(23(26)27)16-22(25)28-24(2,3)4;7-6-4-2-1-3-5-6/h5-7,10-15H,8-9,16H2,1-4H3,(H,26,27);6H,1-5,7H2/b20-12+;. The van der Waals surface area contributed by atoms with E-state index in [1.807, 2.05) is 18.2 Å². The maximum atomic E-state index is 11.9. The highest BCUT2D eigenvalue weighted by Crippen LogP contribution is 2.24. The zero-order valence-electron chi connectivity index (χ0n) is 21.7. The second-order valence-electron chi connectivity index (χ2n) is 10.2. The molecular weight excluding hydrogens is 438 g/mol. The number of rotatable bonds is 7. The van der Waals surface area contributed by atoms with Gasteiger partial charge in [-0.1, -0.05) is 73.9 Å². The maximum absolute atomic E-state index is 11.9. The van der Waals surface area contributed by atoms with Gasteiger partial charge in [0.05, 0.1) is 6.42 Å². The van der Waals surface area contributed by atoms with E-state index in [0.29, 0.717) is 18.9 Å². The topological polar surface area (TPSA) is 89.6 Å². The number of carboxylic acid groups (broad SMARTS) is 1. The highest BCUT2D eigenvalue weighted by molar-refractivity contribution is 5.92. The minimum Gasteiger partial charge on any atom is -0.478 e. The van der Waals surface area contributed by atoms with Crippen LogP contribution in [0.4, 0.5) is 0 Å². The third kappa shape index (κ3) is 10.9. The van der Waals surface area contributed by atoms with Crippen molar-refractivity contribution in [3.63, 3.8) is 0 Å². The molecule has 1 saturated carbocycles. The highest BCUT2D eigenvalue weighted by atomic mass is 16.6. The molecule has 3 rings (SSSR count). The van der Waals surface area contributed by atoms with Crippen LogP contribution in [0.2, 0.25) is 0 Å². The minimum absolute atomic E-state index is 0.0758. The molecule has 3 N–H and O–H groups in total. The first kappa shape index (κ1) is 28.3. The number of esters is 1. The third-order valence-corrected chi connectivity index (χ3v) is 5.88. The van der Waals surface area contributed by atoms with Gasteiger partial charge in [-0.05, 0) is 75.6 Å². The lowest BCUT2D eigenvalue weighted by Gasteiger charge is -2.19. The Morgan fingerprint density at radius 1 is 1.06 bits per heavy atom. The number of hydrogen-bond donors (Lipinski definition) is 2. The number of ether oxygens (including phenoxy) is 1. The first-order chi connectivity index (χ1) is 16.5. The molecule has 1 aliphatic rings. The summed E-state index contributed by atoms with van der Waals surface area (Å²) in [6, 6.07) is 17.0. The SMILES string of the molecule is Cc1cc(CC/C=C(\CC(=O)OC(C)(C)C)C(=O)O)ccc1-c1ccccc1.NC1CCCCC1. The molecule has 1 fully saturated rings. The van der Waals surface area contributed by atoms with E-state index in [1.54, 1.807) is 26.8 Å². The summed E-state index contributed by atoms with van der Waals surface area (Å²) in [4.78, 5) is 23.3. The average molecular weight is 480 g/mol. The maximum Gasteiger partial charge on any atom is 0.331 e. The van der Waals surface area contributed by atoms with Crippen LogP contribution in [0.25, 0.3) is 11.1 Å². The predicted molar refractivity (Wildman–Crippen MR) is 142 cm³/mol. The molecule has 0 spiro atoms. The molecule has 0 aliphatic heterocycles. The van der Waals surface area contributed by atoms with Crippen LogP contribution >= 0.6 is 0 Å². The van der Waals surface area contributed by atoms with Crippen LogP contribution in [-0.2, 0) is 20.7 Å². The lowest BCUT2D eigenvalue weighted by atomic mass is 9.97. The van der Waals surface area contributed by atoms with Gasteiger partial charge in [0.15, 0.2) is 0 Å². The smallest absolute Gasteiger partial charge is 0.331 e. The van der Waals surface area contributed by atoms with Crippen LogP contribution in [0.3, 0.4) is 0 Å². The van der Waals surface area contributed by atoms with Crippen LogP contribution in [0.1, 0.15) is 76.8 Å². The summed E-state index contributed by atoms with van der Waals surface area (Å²) in [5.74, 6) is -1.61. The monoisotopic (exact) mass is 479 g/mol. The Hall–Kier alpha value is -2.92. The van der Waals surface area contributed by atoms with Crippen molar-refractivity contribution in [1.82, 2.24) is 0 Å². The minimum atomic E-state index is -1.08. The number of allylic oxidation sites excluding steroid dienone is 1. The Bertz CT molecular complexity index is 983. The van der Waals surface area contributed by atoms with Gasteiger partial charge in [-0.3, -0.25) is 4.79 Å². The van der Waals surface area contributed by atoms with E-state index in [2.05, 4.69) is 37.3 Å². The Balaban J connectivity index is 0.000000527. The summed E-state index contributed by atoms with van der Waals surface area (Å²) in [6.07, 6.45) is 9.32. The van der Waals surface area contributed by atoms with Crippen molar-refractivity contribution in [2.75, 3.05) is 0 Å². The van der Waals surface area contributed by atoms with Gasteiger partial charge in [0.2, 0.25) is 0 Å². The fourth-order valence-corrected chi connectivity index (χ4v) is 4.14. The molecule has 0 unspecified atom stereocenters. The van der Waals surface area contributed by atoms with Crippen molar-refractivity contribution in [2.45, 2.75) is 90.7 Å². The molecule has 35 heavy (non-hydrogen) atoms. The number of nitrogens with two attached hydrogens (primary N) is 1. The van der Waals surface area contributed by atoms with E-state index in [0.717, 1.165) is 5.56 Å². The van der Waals surface area contributed by atoms with E-state index in [9.17, 15) is 14.7 Å². The molecule has 0 aromatic heterocycles. The van der Waals surface area contributed by atoms with Gasteiger partial charge in [0.25, 0.3) is 0 Å². The number of aryl methyl sites for hydroxylation is 2. The molecule has 1 aliphatic carbocycles. The average Bonchev–Trinajstić information content (AvgIpc) is 2.79. The van der Waals surface area contributed by atoms with Gasteiger partial charge in [0.1, 0.15) is 5.60 Å². The van der Waals surface area contributed by atoms with E-state index in [1.165, 1.54) is 48.8 Å². The van der Waals surface area contributed by atoms with E-state index in [4.69, 9.17) is 10.5 Å². The van der Waals surface area contributed by atoms with Gasteiger partial charge in [-0.2, -0.15) is 0 Å². The fourth-order valence-electron chi connectivity index (χ4n) is 4.14. The number of aliphatic carboxylic acids is 1. The normalized spacial score (nSPS) is 14.6. The molecule has 0 atom stereocenters. The molecule has 190 valence electrons. The summed E-state index contributed by atoms with van der Waals surface area (Å²) in [5, 5.41) is 9.35. The molecule has 0 saturated heterocycles. The van der Waals surface area contributed by atoms with Crippen LogP contribution in [0.15, 0.2) is 60.2 Å². The quantitative estimate of drug-likeness (QED) is 0.344. The zero-order valence-corrected chi connectivity index (χ0v) is 21.7. The van der Waals surface area contributed by atoms with Crippen molar-refractivity contribution < 1.29 is 19.4 Å².